The van der Waals surface area contributed by atoms with Gasteiger partial charge in [-0.2, -0.15) is 0 Å². The minimum absolute atomic E-state index is 0.967. The lowest BCUT2D eigenvalue weighted by molar-refractivity contribution is 0.281. The molecule has 0 saturated heterocycles. The fourth-order valence-electron chi connectivity index (χ4n) is 4.69. The van der Waals surface area contributed by atoms with Gasteiger partial charge in [-0.05, 0) is 23.3 Å². The number of quaternary nitrogens is 1. The van der Waals surface area contributed by atoms with E-state index in [0.717, 1.165) is 36.3 Å². The third-order valence-electron chi connectivity index (χ3n) is 5.88. The summed E-state index contributed by atoms with van der Waals surface area (Å²) in [5.41, 5.74) is 8.61. The van der Waals surface area contributed by atoms with Gasteiger partial charge in [0.15, 0.2) is 0 Å². The Morgan fingerprint density at radius 2 is 1.40 bits per heavy atom. The summed E-state index contributed by atoms with van der Waals surface area (Å²) in [5.74, 6) is 0.967. The van der Waals surface area contributed by atoms with Crippen molar-refractivity contribution in [2.24, 2.45) is 0 Å². The van der Waals surface area contributed by atoms with Gasteiger partial charge in [-0.3, -0.25) is 4.48 Å². The molecule has 0 amide bonds. The molecule has 2 heteroatoms. The molecule has 2 aliphatic rings. The number of rotatable bonds is 1. The van der Waals surface area contributed by atoms with Crippen LogP contribution in [0, 0.1) is 0 Å². The molecule has 0 fully saturated rings. The second-order valence-corrected chi connectivity index (χ2v) is 7.24. The summed E-state index contributed by atoms with van der Waals surface area (Å²) < 4.78 is 6.47. The molecule has 3 aromatic rings. The molecule has 0 unspecified atom stereocenters. The maximum Gasteiger partial charge on any atom is 0.137 e. The van der Waals surface area contributed by atoms with E-state index in [1.54, 1.807) is 7.11 Å². The number of benzene rings is 3. The summed E-state index contributed by atoms with van der Waals surface area (Å²) in [6.45, 7) is 3.28. The number of hydrogen-bond acceptors (Lipinski definition) is 1. The van der Waals surface area contributed by atoms with Crippen molar-refractivity contribution in [3.8, 4) is 16.9 Å². The SMILES string of the molecule is COc1ccc2c(c1)CC[N+]21Cc2ccccc2-c2ccccc2C1. The lowest BCUT2D eigenvalue weighted by Gasteiger charge is -2.34. The Kier molecular flexibility index (Phi) is 3.22. The van der Waals surface area contributed by atoms with Crippen LogP contribution in [0.5, 0.6) is 5.75 Å². The second-order valence-electron chi connectivity index (χ2n) is 7.24. The van der Waals surface area contributed by atoms with Gasteiger partial charge in [0.2, 0.25) is 0 Å². The van der Waals surface area contributed by atoms with Crippen LogP contribution in [0.4, 0.5) is 5.69 Å². The quantitative estimate of drug-likeness (QED) is 0.575. The van der Waals surface area contributed by atoms with Gasteiger partial charge in [-0.25, -0.2) is 0 Å². The second kappa shape index (κ2) is 5.47. The van der Waals surface area contributed by atoms with Crippen molar-refractivity contribution < 1.29 is 4.74 Å². The summed E-state index contributed by atoms with van der Waals surface area (Å²) in [6, 6.07) is 24.5. The highest BCUT2D eigenvalue weighted by atomic mass is 16.5. The third kappa shape index (κ3) is 2.21. The molecule has 0 N–H and O–H groups in total. The van der Waals surface area contributed by atoms with Gasteiger partial charge >= 0.3 is 0 Å². The van der Waals surface area contributed by atoms with Crippen molar-refractivity contribution in [2.75, 3.05) is 13.7 Å². The number of methoxy groups -OCH3 is 1. The number of fused-ring (bicyclic) bond motifs is 5. The monoisotopic (exact) mass is 328 g/mol. The van der Waals surface area contributed by atoms with Crippen molar-refractivity contribution in [3.63, 3.8) is 0 Å². The minimum atomic E-state index is 0.967. The van der Waals surface area contributed by atoms with Gasteiger partial charge in [-0.15, -0.1) is 0 Å². The Bertz CT molecular complexity index is 912. The molecular weight excluding hydrogens is 306 g/mol. The Balaban J connectivity index is 1.72. The van der Waals surface area contributed by atoms with Gasteiger partial charge in [0, 0.05) is 29.2 Å². The highest BCUT2D eigenvalue weighted by molar-refractivity contribution is 5.73. The van der Waals surface area contributed by atoms with Crippen LogP contribution >= 0.6 is 0 Å². The average Bonchev–Trinajstić information content (AvgIpc) is 2.92. The van der Waals surface area contributed by atoms with Crippen LogP contribution in [0.3, 0.4) is 0 Å². The minimum Gasteiger partial charge on any atom is -0.497 e. The van der Waals surface area contributed by atoms with Crippen molar-refractivity contribution in [1.82, 2.24) is 4.48 Å². The maximum absolute atomic E-state index is 5.45. The molecular formula is C23H22NO+. The van der Waals surface area contributed by atoms with Crippen molar-refractivity contribution in [3.05, 3.63) is 83.4 Å². The fraction of sp³-hybridized carbons (Fsp3) is 0.217. The zero-order valence-electron chi connectivity index (χ0n) is 14.5. The largest absolute Gasteiger partial charge is 0.497 e. The van der Waals surface area contributed by atoms with Gasteiger partial charge in [0.05, 0.1) is 13.7 Å². The van der Waals surface area contributed by atoms with Crippen molar-refractivity contribution in [2.45, 2.75) is 19.5 Å². The standard InChI is InChI=1S/C23H22NO/c1-25-20-10-11-23-17(14-20)12-13-24(23)15-18-6-2-4-8-21(18)22-9-5-3-7-19(22)16-24/h2-11,14H,12-13,15-16H2,1H3/q+1. The van der Waals surface area contributed by atoms with Crippen LogP contribution < -0.4 is 9.22 Å². The highest BCUT2D eigenvalue weighted by Gasteiger charge is 2.41. The molecule has 25 heavy (non-hydrogen) atoms. The van der Waals surface area contributed by atoms with E-state index in [-0.39, 0.29) is 0 Å². The van der Waals surface area contributed by atoms with Crippen LogP contribution in [-0.2, 0) is 19.5 Å². The number of ether oxygens (including phenoxy) is 1. The normalized spacial score (nSPS) is 16.7. The first kappa shape index (κ1) is 14.7. The predicted molar refractivity (Wildman–Crippen MR) is 103 cm³/mol. The van der Waals surface area contributed by atoms with Crippen LogP contribution in [-0.4, -0.2) is 13.7 Å². The van der Waals surface area contributed by atoms with E-state index < -0.39 is 0 Å². The highest BCUT2D eigenvalue weighted by Crippen LogP contribution is 2.44. The zero-order chi connectivity index (χ0) is 16.9. The molecule has 5 rings (SSSR count). The molecule has 124 valence electrons. The molecule has 2 nitrogen and oxygen atoms in total. The lowest BCUT2D eigenvalue weighted by atomic mass is 9.97. The summed E-state index contributed by atoms with van der Waals surface area (Å²) in [5, 5.41) is 0. The van der Waals surface area contributed by atoms with E-state index in [0.29, 0.717) is 0 Å². The van der Waals surface area contributed by atoms with Gasteiger partial charge in [0.25, 0.3) is 0 Å². The fourth-order valence-corrected chi connectivity index (χ4v) is 4.69. The van der Waals surface area contributed by atoms with Crippen molar-refractivity contribution in [1.29, 1.82) is 0 Å². The van der Waals surface area contributed by atoms with E-state index in [9.17, 15) is 0 Å². The summed E-state index contributed by atoms with van der Waals surface area (Å²) in [7, 11) is 1.75. The molecule has 0 bridgehead atoms. The van der Waals surface area contributed by atoms with Crippen molar-refractivity contribution >= 4 is 5.69 Å². The Morgan fingerprint density at radius 3 is 2.04 bits per heavy atom. The van der Waals surface area contributed by atoms with Gasteiger partial charge in [0.1, 0.15) is 24.5 Å². The molecule has 0 saturated carbocycles. The summed E-state index contributed by atoms with van der Waals surface area (Å²) >= 11 is 0. The van der Waals surface area contributed by atoms with E-state index in [1.165, 1.54) is 33.5 Å². The molecule has 3 aromatic carbocycles. The van der Waals surface area contributed by atoms with Gasteiger partial charge < -0.3 is 4.74 Å². The smallest absolute Gasteiger partial charge is 0.137 e. The van der Waals surface area contributed by atoms with Crippen LogP contribution in [0.15, 0.2) is 66.7 Å². The summed E-state index contributed by atoms with van der Waals surface area (Å²) in [6.07, 6.45) is 1.12. The molecule has 1 spiro atoms. The Labute approximate surface area is 148 Å². The first-order valence-corrected chi connectivity index (χ1v) is 8.99. The first-order valence-electron chi connectivity index (χ1n) is 8.99. The maximum atomic E-state index is 5.45. The summed E-state index contributed by atoms with van der Waals surface area (Å²) in [4.78, 5) is 0. The van der Waals surface area contributed by atoms with E-state index >= 15 is 0 Å². The molecule has 2 aliphatic heterocycles. The topological polar surface area (TPSA) is 9.23 Å². The first-order chi connectivity index (χ1) is 12.3. The zero-order valence-corrected chi connectivity index (χ0v) is 14.5. The molecule has 2 heterocycles. The average molecular weight is 328 g/mol. The van der Waals surface area contributed by atoms with Crippen LogP contribution in [0.25, 0.3) is 11.1 Å². The third-order valence-corrected chi connectivity index (χ3v) is 5.88. The molecule has 0 aromatic heterocycles. The molecule has 0 atom stereocenters. The van der Waals surface area contributed by atoms with Crippen LogP contribution in [0.1, 0.15) is 16.7 Å². The van der Waals surface area contributed by atoms with E-state index in [4.69, 9.17) is 4.74 Å². The Morgan fingerprint density at radius 1 is 0.760 bits per heavy atom. The Hall–Kier alpha value is -2.58. The predicted octanol–water partition coefficient (Wildman–Crippen LogP) is 4.94. The number of hydrogen-bond donors (Lipinski definition) is 0. The van der Waals surface area contributed by atoms with Gasteiger partial charge in [-0.1, -0.05) is 48.5 Å². The van der Waals surface area contributed by atoms with Crippen LogP contribution in [0.2, 0.25) is 0 Å². The van der Waals surface area contributed by atoms with E-state index in [1.807, 2.05) is 0 Å². The molecule has 0 radical (unpaired) electrons. The number of nitrogens with zero attached hydrogens (tertiary/aromatic N) is 1. The van der Waals surface area contributed by atoms with E-state index in [2.05, 4.69) is 66.7 Å². The molecule has 0 aliphatic carbocycles. The lowest BCUT2D eigenvalue weighted by Crippen LogP contribution is -2.45.